The van der Waals surface area contributed by atoms with Crippen LogP contribution < -0.4 is 0 Å². The maximum atomic E-state index is 12.1. The molecule has 2 rings (SSSR count). The van der Waals surface area contributed by atoms with Gasteiger partial charge in [-0.25, -0.2) is 0 Å². The molecule has 1 aliphatic carbocycles. The van der Waals surface area contributed by atoms with Gasteiger partial charge in [-0.1, -0.05) is 6.92 Å². The molecule has 1 unspecified atom stereocenters. The van der Waals surface area contributed by atoms with Crippen molar-refractivity contribution >= 4 is 5.91 Å². The van der Waals surface area contributed by atoms with Gasteiger partial charge in [0, 0.05) is 27.2 Å². The summed E-state index contributed by atoms with van der Waals surface area (Å²) in [6, 6.07) is 0. The van der Waals surface area contributed by atoms with E-state index in [4.69, 9.17) is 0 Å². The number of likely N-dealkylation sites (tertiary alicyclic amines) is 1. The minimum atomic E-state index is -0.518. The molecule has 2 fully saturated rings. The Hall–Kier alpha value is -0.610. The Labute approximate surface area is 123 Å². The number of carbonyl (C=O) groups is 1. The van der Waals surface area contributed by atoms with E-state index in [0.29, 0.717) is 0 Å². The Balaban J connectivity index is 1.88. The van der Waals surface area contributed by atoms with E-state index < -0.39 is 5.60 Å². The molecule has 116 valence electrons. The number of amides is 1. The molecule has 1 saturated heterocycles. The van der Waals surface area contributed by atoms with E-state index in [1.165, 1.54) is 0 Å². The Bertz CT molecular complexity index is 335. The van der Waals surface area contributed by atoms with E-state index in [1.807, 2.05) is 14.1 Å². The molecule has 0 spiro atoms. The zero-order chi connectivity index (χ0) is 14.8. The Morgan fingerprint density at radius 2 is 1.95 bits per heavy atom. The van der Waals surface area contributed by atoms with Crippen molar-refractivity contribution in [2.45, 2.75) is 51.0 Å². The van der Waals surface area contributed by atoms with Gasteiger partial charge in [-0.2, -0.15) is 0 Å². The standard InChI is InChI=1S/C16H30N2O2/c1-13-6-8-16(20,9-7-13)12-18-10-4-5-14(11-18)15(19)17(2)3/h13-14,20H,4-12H2,1-3H3. The maximum absolute atomic E-state index is 12.1. The molecule has 20 heavy (non-hydrogen) atoms. The van der Waals surface area contributed by atoms with Crippen molar-refractivity contribution in [1.29, 1.82) is 0 Å². The van der Waals surface area contributed by atoms with Gasteiger partial charge < -0.3 is 10.0 Å². The molecule has 2 aliphatic rings. The highest BCUT2D eigenvalue weighted by molar-refractivity contribution is 5.78. The van der Waals surface area contributed by atoms with Gasteiger partial charge in [0.15, 0.2) is 0 Å². The van der Waals surface area contributed by atoms with Crippen LogP contribution in [0.4, 0.5) is 0 Å². The first kappa shape index (κ1) is 15.8. The number of rotatable bonds is 3. The first-order valence-electron chi connectivity index (χ1n) is 8.05. The number of hydrogen-bond donors (Lipinski definition) is 1. The summed E-state index contributed by atoms with van der Waals surface area (Å²) in [5, 5.41) is 10.7. The van der Waals surface area contributed by atoms with Crippen molar-refractivity contribution in [2.24, 2.45) is 11.8 Å². The zero-order valence-corrected chi connectivity index (χ0v) is 13.3. The summed E-state index contributed by atoms with van der Waals surface area (Å²) >= 11 is 0. The molecule has 0 bridgehead atoms. The lowest BCUT2D eigenvalue weighted by Gasteiger charge is -2.41. The summed E-state index contributed by atoms with van der Waals surface area (Å²) in [5.74, 6) is 1.10. The van der Waals surface area contributed by atoms with Gasteiger partial charge in [-0.3, -0.25) is 9.69 Å². The lowest BCUT2D eigenvalue weighted by molar-refractivity contribution is -0.135. The molecular formula is C16H30N2O2. The van der Waals surface area contributed by atoms with Crippen molar-refractivity contribution < 1.29 is 9.90 Å². The number of carbonyl (C=O) groups excluding carboxylic acids is 1. The van der Waals surface area contributed by atoms with Crippen LogP contribution in [-0.4, -0.2) is 60.1 Å². The van der Waals surface area contributed by atoms with Crippen LogP contribution in [0.3, 0.4) is 0 Å². The summed E-state index contributed by atoms with van der Waals surface area (Å²) in [7, 11) is 3.66. The second kappa shape index (κ2) is 6.44. The molecule has 1 saturated carbocycles. The highest BCUT2D eigenvalue weighted by Gasteiger charge is 2.36. The van der Waals surface area contributed by atoms with Crippen LogP contribution in [0.2, 0.25) is 0 Å². The van der Waals surface area contributed by atoms with Crippen molar-refractivity contribution in [3.63, 3.8) is 0 Å². The molecule has 1 heterocycles. The summed E-state index contributed by atoms with van der Waals surface area (Å²) in [6.07, 6.45) is 6.14. The van der Waals surface area contributed by atoms with Gasteiger partial charge in [0.2, 0.25) is 5.91 Å². The topological polar surface area (TPSA) is 43.8 Å². The van der Waals surface area contributed by atoms with Gasteiger partial charge >= 0.3 is 0 Å². The quantitative estimate of drug-likeness (QED) is 0.857. The predicted molar refractivity (Wildman–Crippen MR) is 80.4 cm³/mol. The molecule has 1 amide bonds. The fraction of sp³-hybridized carbons (Fsp3) is 0.938. The summed E-state index contributed by atoms with van der Waals surface area (Å²) < 4.78 is 0. The van der Waals surface area contributed by atoms with Crippen molar-refractivity contribution in [2.75, 3.05) is 33.7 Å². The Morgan fingerprint density at radius 1 is 1.30 bits per heavy atom. The van der Waals surface area contributed by atoms with Crippen LogP contribution in [0, 0.1) is 11.8 Å². The first-order chi connectivity index (χ1) is 9.39. The minimum Gasteiger partial charge on any atom is -0.389 e. The zero-order valence-electron chi connectivity index (χ0n) is 13.3. The van der Waals surface area contributed by atoms with E-state index in [1.54, 1.807) is 4.90 Å². The smallest absolute Gasteiger partial charge is 0.226 e. The molecule has 1 atom stereocenters. The van der Waals surface area contributed by atoms with E-state index in [2.05, 4.69) is 11.8 Å². The van der Waals surface area contributed by atoms with Crippen molar-refractivity contribution in [3.8, 4) is 0 Å². The first-order valence-corrected chi connectivity index (χ1v) is 8.05. The van der Waals surface area contributed by atoms with Gasteiger partial charge in [0.25, 0.3) is 0 Å². The number of aliphatic hydroxyl groups is 1. The molecule has 1 N–H and O–H groups in total. The van der Waals surface area contributed by atoms with Gasteiger partial charge in [0.05, 0.1) is 11.5 Å². The molecule has 4 heteroatoms. The molecule has 0 radical (unpaired) electrons. The van der Waals surface area contributed by atoms with Crippen LogP contribution in [0.15, 0.2) is 0 Å². The third kappa shape index (κ3) is 3.95. The number of hydrogen-bond acceptors (Lipinski definition) is 3. The maximum Gasteiger partial charge on any atom is 0.226 e. The third-order valence-corrected chi connectivity index (χ3v) is 5.02. The van der Waals surface area contributed by atoms with Crippen molar-refractivity contribution in [3.05, 3.63) is 0 Å². The predicted octanol–water partition coefficient (Wildman–Crippen LogP) is 1.73. The minimum absolute atomic E-state index is 0.116. The number of piperidine rings is 1. The largest absolute Gasteiger partial charge is 0.389 e. The second-order valence-corrected chi connectivity index (χ2v) is 7.21. The summed E-state index contributed by atoms with van der Waals surface area (Å²) in [6.45, 7) is 4.85. The SMILES string of the molecule is CC1CCC(O)(CN2CCCC(C(=O)N(C)C)C2)CC1. The molecule has 4 nitrogen and oxygen atoms in total. The van der Waals surface area contributed by atoms with Crippen LogP contribution in [0.25, 0.3) is 0 Å². The fourth-order valence-corrected chi connectivity index (χ4v) is 3.64. The van der Waals surface area contributed by atoms with Crippen molar-refractivity contribution in [1.82, 2.24) is 9.80 Å². The average Bonchev–Trinajstić information content (AvgIpc) is 2.42. The highest BCUT2D eigenvalue weighted by atomic mass is 16.3. The lowest BCUT2D eigenvalue weighted by atomic mass is 9.79. The van der Waals surface area contributed by atoms with Gasteiger partial charge in [0.1, 0.15) is 0 Å². The van der Waals surface area contributed by atoms with Crippen LogP contribution in [0.1, 0.15) is 45.4 Å². The van der Waals surface area contributed by atoms with Crippen LogP contribution in [-0.2, 0) is 4.79 Å². The van der Waals surface area contributed by atoms with Gasteiger partial charge in [-0.05, 0) is 51.0 Å². The van der Waals surface area contributed by atoms with Crippen LogP contribution >= 0.6 is 0 Å². The number of β-amino-alcohol motifs (C(OH)–C–C–N with tert-alkyl or cyclic N) is 1. The molecule has 0 aromatic heterocycles. The Morgan fingerprint density at radius 3 is 2.55 bits per heavy atom. The summed E-state index contributed by atoms with van der Waals surface area (Å²) in [4.78, 5) is 16.1. The summed E-state index contributed by atoms with van der Waals surface area (Å²) in [5.41, 5.74) is -0.518. The van der Waals surface area contributed by atoms with Gasteiger partial charge in [-0.15, -0.1) is 0 Å². The number of nitrogens with zero attached hydrogens (tertiary/aromatic N) is 2. The second-order valence-electron chi connectivity index (χ2n) is 7.21. The molecule has 0 aromatic rings. The normalized spacial score (nSPS) is 35.8. The molecule has 0 aromatic carbocycles. The monoisotopic (exact) mass is 282 g/mol. The highest BCUT2D eigenvalue weighted by Crippen LogP contribution is 2.33. The van der Waals surface area contributed by atoms with E-state index in [0.717, 1.165) is 64.1 Å². The Kier molecular flexibility index (Phi) is 5.08. The third-order valence-electron chi connectivity index (χ3n) is 5.02. The average molecular weight is 282 g/mol. The van der Waals surface area contributed by atoms with E-state index >= 15 is 0 Å². The van der Waals surface area contributed by atoms with E-state index in [9.17, 15) is 9.90 Å². The van der Waals surface area contributed by atoms with Crippen LogP contribution in [0.5, 0.6) is 0 Å². The molecular weight excluding hydrogens is 252 g/mol. The van der Waals surface area contributed by atoms with E-state index in [-0.39, 0.29) is 11.8 Å². The molecule has 1 aliphatic heterocycles. The fourth-order valence-electron chi connectivity index (χ4n) is 3.64. The lowest BCUT2D eigenvalue weighted by Crippen LogP contribution is -2.50.